The van der Waals surface area contributed by atoms with Gasteiger partial charge in [-0.2, -0.15) is 4.98 Å². The number of aromatic nitrogens is 2. The number of hydrogen-bond donors (Lipinski definition) is 1. The van der Waals surface area contributed by atoms with E-state index in [2.05, 4.69) is 15.5 Å². The summed E-state index contributed by atoms with van der Waals surface area (Å²) in [6.07, 6.45) is 0.00352. The quantitative estimate of drug-likeness (QED) is 0.904. The molecule has 0 radical (unpaired) electrons. The Morgan fingerprint density at radius 3 is 2.80 bits per heavy atom. The summed E-state index contributed by atoms with van der Waals surface area (Å²) in [6, 6.07) is 7.11. The molecule has 0 aliphatic carbocycles. The highest BCUT2D eigenvalue weighted by molar-refractivity contribution is 5.96. The number of nitrogens with one attached hydrogen (secondary N) is 1. The van der Waals surface area contributed by atoms with Gasteiger partial charge in [0.25, 0.3) is 5.91 Å². The van der Waals surface area contributed by atoms with Crippen LogP contribution in [-0.4, -0.2) is 22.2 Å². The van der Waals surface area contributed by atoms with E-state index in [1.807, 2.05) is 19.9 Å². The van der Waals surface area contributed by atoms with Crippen molar-refractivity contribution in [2.24, 2.45) is 0 Å². The zero-order valence-corrected chi connectivity index (χ0v) is 11.7. The SMILES string of the molecule is Cc1nc(CNC(=O)c2ccccc2OC(C)C)no1. The van der Waals surface area contributed by atoms with E-state index in [4.69, 9.17) is 9.26 Å². The van der Waals surface area contributed by atoms with E-state index in [9.17, 15) is 4.79 Å². The third-order valence-corrected chi connectivity index (χ3v) is 2.47. The maximum absolute atomic E-state index is 12.1. The van der Waals surface area contributed by atoms with Crippen LogP contribution in [0.25, 0.3) is 0 Å². The highest BCUT2D eigenvalue weighted by Crippen LogP contribution is 2.19. The van der Waals surface area contributed by atoms with Gasteiger partial charge >= 0.3 is 0 Å². The molecule has 1 amide bonds. The first-order chi connectivity index (χ1) is 9.56. The predicted molar refractivity (Wildman–Crippen MR) is 72.4 cm³/mol. The molecule has 6 nitrogen and oxygen atoms in total. The Labute approximate surface area is 117 Å². The van der Waals surface area contributed by atoms with Crippen molar-refractivity contribution >= 4 is 5.91 Å². The van der Waals surface area contributed by atoms with E-state index in [0.29, 0.717) is 23.0 Å². The molecule has 1 heterocycles. The first kappa shape index (κ1) is 14.0. The number of para-hydroxylation sites is 1. The summed E-state index contributed by atoms with van der Waals surface area (Å²) in [5.74, 6) is 1.24. The van der Waals surface area contributed by atoms with Crippen LogP contribution in [0.2, 0.25) is 0 Å². The van der Waals surface area contributed by atoms with Crippen molar-refractivity contribution < 1.29 is 14.1 Å². The predicted octanol–water partition coefficient (Wildman–Crippen LogP) is 2.10. The molecule has 0 saturated carbocycles. The molecule has 0 aliphatic heterocycles. The lowest BCUT2D eigenvalue weighted by Gasteiger charge is -2.13. The van der Waals surface area contributed by atoms with Crippen LogP contribution in [0.15, 0.2) is 28.8 Å². The van der Waals surface area contributed by atoms with Crippen molar-refractivity contribution in [3.63, 3.8) is 0 Å². The van der Waals surface area contributed by atoms with Crippen LogP contribution < -0.4 is 10.1 Å². The van der Waals surface area contributed by atoms with Gasteiger partial charge in [0.05, 0.1) is 18.2 Å². The Hall–Kier alpha value is -2.37. The maximum atomic E-state index is 12.1. The Kier molecular flexibility index (Phi) is 4.34. The van der Waals surface area contributed by atoms with E-state index in [1.54, 1.807) is 25.1 Å². The summed E-state index contributed by atoms with van der Waals surface area (Å²) >= 11 is 0. The van der Waals surface area contributed by atoms with Crippen molar-refractivity contribution in [2.75, 3.05) is 0 Å². The normalized spacial score (nSPS) is 10.6. The molecule has 0 unspecified atom stereocenters. The van der Waals surface area contributed by atoms with Crippen LogP contribution in [0.5, 0.6) is 5.75 Å². The van der Waals surface area contributed by atoms with E-state index in [0.717, 1.165) is 0 Å². The van der Waals surface area contributed by atoms with Gasteiger partial charge in [0, 0.05) is 6.92 Å². The fourth-order valence-electron chi connectivity index (χ4n) is 1.68. The number of aryl methyl sites for hydroxylation is 1. The zero-order valence-electron chi connectivity index (χ0n) is 11.7. The molecular weight excluding hydrogens is 258 g/mol. The fraction of sp³-hybridized carbons (Fsp3) is 0.357. The Morgan fingerprint density at radius 1 is 1.40 bits per heavy atom. The van der Waals surface area contributed by atoms with Crippen LogP contribution in [0.4, 0.5) is 0 Å². The van der Waals surface area contributed by atoms with Gasteiger partial charge in [-0.25, -0.2) is 0 Å². The van der Waals surface area contributed by atoms with E-state index in [-0.39, 0.29) is 18.6 Å². The van der Waals surface area contributed by atoms with Crippen molar-refractivity contribution in [1.29, 1.82) is 0 Å². The minimum Gasteiger partial charge on any atom is -0.490 e. The maximum Gasteiger partial charge on any atom is 0.255 e. The minimum absolute atomic E-state index is 0.00352. The first-order valence-corrected chi connectivity index (χ1v) is 6.39. The Balaban J connectivity index is 2.05. The van der Waals surface area contributed by atoms with Crippen LogP contribution in [-0.2, 0) is 6.54 Å². The third kappa shape index (κ3) is 3.57. The standard InChI is InChI=1S/C14H17N3O3/c1-9(2)19-12-7-5-4-6-11(12)14(18)15-8-13-16-10(3)20-17-13/h4-7,9H,8H2,1-3H3,(H,15,18). The molecular formula is C14H17N3O3. The van der Waals surface area contributed by atoms with E-state index >= 15 is 0 Å². The minimum atomic E-state index is -0.233. The molecule has 6 heteroatoms. The van der Waals surface area contributed by atoms with Crippen LogP contribution in [0.3, 0.4) is 0 Å². The second-order valence-electron chi connectivity index (χ2n) is 4.58. The monoisotopic (exact) mass is 275 g/mol. The van der Waals surface area contributed by atoms with Gasteiger partial charge < -0.3 is 14.6 Å². The summed E-state index contributed by atoms with van der Waals surface area (Å²) in [5.41, 5.74) is 0.487. The topological polar surface area (TPSA) is 77.2 Å². The lowest BCUT2D eigenvalue weighted by atomic mass is 10.2. The summed E-state index contributed by atoms with van der Waals surface area (Å²) in [4.78, 5) is 16.2. The van der Waals surface area contributed by atoms with Crippen molar-refractivity contribution in [3.05, 3.63) is 41.5 Å². The highest BCUT2D eigenvalue weighted by Gasteiger charge is 2.13. The Morgan fingerprint density at radius 2 is 2.15 bits per heavy atom. The van der Waals surface area contributed by atoms with Gasteiger partial charge in [-0.05, 0) is 26.0 Å². The average molecular weight is 275 g/mol. The van der Waals surface area contributed by atoms with E-state index < -0.39 is 0 Å². The number of rotatable bonds is 5. The molecule has 0 spiro atoms. The van der Waals surface area contributed by atoms with Gasteiger partial charge in [-0.15, -0.1) is 0 Å². The molecule has 106 valence electrons. The number of ether oxygens (including phenoxy) is 1. The van der Waals surface area contributed by atoms with Gasteiger partial charge in [0.15, 0.2) is 5.82 Å². The molecule has 2 rings (SSSR count). The number of benzene rings is 1. The number of nitrogens with zero attached hydrogens (tertiary/aromatic N) is 2. The number of hydrogen-bond acceptors (Lipinski definition) is 5. The first-order valence-electron chi connectivity index (χ1n) is 6.39. The third-order valence-electron chi connectivity index (χ3n) is 2.47. The number of carbonyl (C=O) groups excluding carboxylic acids is 1. The van der Waals surface area contributed by atoms with Gasteiger partial charge in [0.1, 0.15) is 5.75 Å². The van der Waals surface area contributed by atoms with Crippen molar-refractivity contribution in [1.82, 2.24) is 15.5 Å². The molecule has 2 aromatic rings. The smallest absolute Gasteiger partial charge is 0.255 e. The molecule has 0 fully saturated rings. The number of carbonyl (C=O) groups is 1. The van der Waals surface area contributed by atoms with Crippen LogP contribution >= 0.6 is 0 Å². The summed E-state index contributed by atoms with van der Waals surface area (Å²) < 4.78 is 10.5. The van der Waals surface area contributed by atoms with Crippen molar-refractivity contribution in [3.8, 4) is 5.75 Å². The van der Waals surface area contributed by atoms with E-state index in [1.165, 1.54) is 0 Å². The number of amides is 1. The van der Waals surface area contributed by atoms with Crippen molar-refractivity contribution in [2.45, 2.75) is 33.4 Å². The fourth-order valence-corrected chi connectivity index (χ4v) is 1.68. The second kappa shape index (κ2) is 6.18. The van der Waals surface area contributed by atoms with Gasteiger partial charge in [0.2, 0.25) is 5.89 Å². The van der Waals surface area contributed by atoms with Crippen LogP contribution in [0, 0.1) is 6.92 Å². The zero-order chi connectivity index (χ0) is 14.5. The molecule has 0 bridgehead atoms. The summed E-state index contributed by atoms with van der Waals surface area (Å²) in [6.45, 7) is 5.74. The highest BCUT2D eigenvalue weighted by atomic mass is 16.5. The molecule has 1 aromatic heterocycles. The van der Waals surface area contributed by atoms with Gasteiger partial charge in [-0.1, -0.05) is 17.3 Å². The lowest BCUT2D eigenvalue weighted by molar-refractivity contribution is 0.0944. The summed E-state index contributed by atoms with van der Waals surface area (Å²) in [5, 5.41) is 6.46. The average Bonchev–Trinajstić information content (AvgIpc) is 2.82. The summed E-state index contributed by atoms with van der Waals surface area (Å²) in [7, 11) is 0. The Bertz CT molecular complexity index is 593. The molecule has 1 N–H and O–H groups in total. The van der Waals surface area contributed by atoms with Gasteiger partial charge in [-0.3, -0.25) is 4.79 Å². The van der Waals surface area contributed by atoms with Crippen LogP contribution in [0.1, 0.15) is 35.9 Å². The molecule has 0 aliphatic rings. The molecule has 20 heavy (non-hydrogen) atoms. The lowest BCUT2D eigenvalue weighted by Crippen LogP contribution is -2.24. The molecule has 1 aromatic carbocycles. The largest absolute Gasteiger partial charge is 0.490 e. The second-order valence-corrected chi connectivity index (χ2v) is 4.58. The molecule has 0 atom stereocenters. The molecule has 0 saturated heterocycles.